The zero-order valence-electron chi connectivity index (χ0n) is 53.3. The minimum atomic E-state index is -5.21. The van der Waals surface area contributed by atoms with Crippen LogP contribution < -0.4 is 31.3 Å². The first-order valence-electron chi connectivity index (χ1n) is 30.4. The third kappa shape index (κ3) is 18.2. The van der Waals surface area contributed by atoms with Crippen molar-refractivity contribution in [3.8, 4) is 5.75 Å². The fourth-order valence-electron chi connectivity index (χ4n) is 11.8. The molecule has 0 saturated carbocycles. The van der Waals surface area contributed by atoms with Crippen molar-refractivity contribution in [3.63, 3.8) is 0 Å². The molecule has 1 unspecified atom stereocenters. The highest BCUT2D eigenvalue weighted by Crippen LogP contribution is 2.49. The summed E-state index contributed by atoms with van der Waals surface area (Å²) in [6, 6.07) is 2.18. The van der Waals surface area contributed by atoms with Crippen LogP contribution in [0.2, 0.25) is 5.02 Å². The van der Waals surface area contributed by atoms with Gasteiger partial charge in [-0.05, 0) is 94.2 Å². The Hall–Kier alpha value is -7.42. The number of esters is 1. The summed E-state index contributed by atoms with van der Waals surface area (Å²) in [5.41, 5.74) is 0.890. The fraction of sp³-hybridized carbons (Fsp3) is 0.594. The molecule has 4 heterocycles. The van der Waals surface area contributed by atoms with Crippen molar-refractivity contribution in [3.05, 3.63) is 81.4 Å². The van der Waals surface area contributed by atoms with E-state index in [2.05, 4.69) is 16.0 Å². The summed E-state index contributed by atoms with van der Waals surface area (Å²) in [6.45, 7) is 11.6. The van der Waals surface area contributed by atoms with Gasteiger partial charge in [-0.25, -0.2) is 14.4 Å². The van der Waals surface area contributed by atoms with Gasteiger partial charge >= 0.3 is 24.3 Å². The molecule has 4 aliphatic rings. The number of Topliss-reactive ketones (excluding diaryl/α,β-unsaturated/α-hetero) is 2. The van der Waals surface area contributed by atoms with E-state index in [1.807, 2.05) is 6.92 Å². The van der Waals surface area contributed by atoms with Crippen molar-refractivity contribution in [1.29, 1.82) is 0 Å². The number of hydrogen-bond acceptors (Lipinski definition) is 16. The Morgan fingerprint density at radius 1 is 0.989 bits per heavy atom. The van der Waals surface area contributed by atoms with Gasteiger partial charge in [0.05, 0.1) is 42.5 Å². The number of nitrogens with zero attached hydrogens (tertiary/aromatic N) is 3. The number of epoxide rings is 1. The van der Waals surface area contributed by atoms with Gasteiger partial charge < -0.3 is 55.0 Å². The SMILES string of the molecule is COc1cc2cc(c1Cl)N(C)C(=O)C[C@H](OC(=O)[C@H](C)N(C)C(=O)c1ccc(CC(=O)[C@H](CCCNC(N)=O)NC(=O)[C@@H](CC(=O)CCCCCN3C(=O)CC(C)C3=O)C(C)C)cc1C(F)(F)F)[C@]1(C)O[C@H]1[C@H](C)[C@@H]1C[C@@](O)(NC(=O)O1)[C@H](OC)/C=C/C=C(\C)C2. The minimum absolute atomic E-state index is 0.0204. The highest BCUT2D eigenvalue weighted by molar-refractivity contribution is 6.35. The van der Waals surface area contributed by atoms with Crippen LogP contribution >= 0.6 is 11.6 Å². The number of ether oxygens (including phenoxy) is 5. The predicted octanol–water partition coefficient (Wildman–Crippen LogP) is 7.08. The van der Waals surface area contributed by atoms with Gasteiger partial charge in [-0.15, -0.1) is 0 Å². The lowest BCUT2D eigenvalue weighted by Gasteiger charge is -2.42. The van der Waals surface area contributed by atoms with Crippen molar-refractivity contribution in [2.24, 2.45) is 29.4 Å². The smallest absolute Gasteiger partial charge is 0.417 e. The first kappa shape index (κ1) is 72.6. The van der Waals surface area contributed by atoms with E-state index in [1.54, 1.807) is 65.0 Å². The van der Waals surface area contributed by atoms with E-state index >= 15 is 13.2 Å². The van der Waals surface area contributed by atoms with Crippen LogP contribution in [0, 0.1) is 23.7 Å². The van der Waals surface area contributed by atoms with Crippen LogP contribution in [-0.4, -0.2) is 163 Å². The number of anilines is 1. The van der Waals surface area contributed by atoms with Crippen LogP contribution in [0.5, 0.6) is 5.75 Å². The molecule has 3 fully saturated rings. The number of carbonyl (C=O) groups excluding carboxylic acids is 10. The van der Waals surface area contributed by atoms with E-state index < -0.39 is 137 Å². The maximum absolute atomic E-state index is 15.2. The molecule has 8 amide bonds. The van der Waals surface area contributed by atoms with Crippen LogP contribution in [0.4, 0.5) is 28.4 Å². The van der Waals surface area contributed by atoms with E-state index in [9.17, 15) is 53.1 Å². The highest BCUT2D eigenvalue weighted by Gasteiger charge is 2.64. The Balaban J connectivity index is 1.20. The van der Waals surface area contributed by atoms with Gasteiger partial charge in [-0.1, -0.05) is 75.6 Å². The first-order valence-corrected chi connectivity index (χ1v) is 30.8. The van der Waals surface area contributed by atoms with Gasteiger partial charge in [0.25, 0.3) is 5.91 Å². The molecule has 500 valence electrons. The topological polar surface area (TPSA) is 312 Å². The number of hydrogen-bond donors (Lipinski definition) is 5. The summed E-state index contributed by atoms with van der Waals surface area (Å²) in [4.78, 5) is 137. The minimum Gasteiger partial charge on any atom is -0.495 e. The second kappa shape index (κ2) is 30.8. The molecule has 11 atom stereocenters. The summed E-state index contributed by atoms with van der Waals surface area (Å²) in [6.07, 6.45) is -5.24. The van der Waals surface area contributed by atoms with Gasteiger partial charge in [0.1, 0.15) is 46.5 Å². The van der Waals surface area contributed by atoms with E-state index in [4.69, 9.17) is 41.0 Å². The van der Waals surface area contributed by atoms with Crippen LogP contribution in [0.1, 0.15) is 140 Å². The average Bonchev–Trinajstić information content (AvgIpc) is 1.59. The number of amides is 8. The van der Waals surface area contributed by atoms with E-state index in [0.29, 0.717) is 37.3 Å². The molecular weight excluding hydrogens is 1220 g/mol. The number of imide groups is 1. The van der Waals surface area contributed by atoms with Gasteiger partial charge in [0.2, 0.25) is 23.6 Å². The number of alkyl carbamates (subject to hydrolysis) is 1. The van der Waals surface area contributed by atoms with Gasteiger partial charge in [0, 0.05) is 84.2 Å². The number of ketones is 2. The monoisotopic (exact) mass is 1300 g/mol. The molecule has 4 aliphatic heterocycles. The molecule has 0 radical (unpaired) electrons. The zero-order chi connectivity index (χ0) is 67.6. The number of aliphatic hydroxyl groups is 1. The Morgan fingerprint density at radius 2 is 1.69 bits per heavy atom. The number of rotatable bonds is 24. The van der Waals surface area contributed by atoms with Gasteiger partial charge in [-0.3, -0.25) is 43.8 Å². The maximum atomic E-state index is 15.2. The number of nitrogens with one attached hydrogen (secondary N) is 3. The number of methoxy groups -OCH3 is 2. The zero-order valence-corrected chi connectivity index (χ0v) is 54.0. The molecule has 91 heavy (non-hydrogen) atoms. The molecule has 0 aliphatic carbocycles. The van der Waals surface area contributed by atoms with Crippen molar-refractivity contribution in [1.82, 2.24) is 25.8 Å². The number of primary amides is 1. The number of benzene rings is 2. The number of likely N-dealkylation sites (tertiary alicyclic amines) is 1. The number of alkyl halides is 3. The van der Waals surface area contributed by atoms with Crippen molar-refractivity contribution < 1.29 is 89.9 Å². The molecule has 27 heteroatoms. The molecule has 0 spiro atoms. The lowest BCUT2D eigenvalue weighted by atomic mass is 9.83. The summed E-state index contributed by atoms with van der Waals surface area (Å²) < 4.78 is 74.8. The second-order valence-corrected chi connectivity index (χ2v) is 25.1. The molecule has 2 aromatic rings. The third-order valence-electron chi connectivity index (χ3n) is 17.5. The largest absolute Gasteiger partial charge is 0.495 e. The van der Waals surface area contributed by atoms with Crippen LogP contribution in [-0.2, 0) is 71.5 Å². The summed E-state index contributed by atoms with van der Waals surface area (Å²) in [7, 11) is 5.29. The van der Waals surface area contributed by atoms with E-state index in [-0.39, 0.29) is 97.2 Å². The van der Waals surface area contributed by atoms with Crippen molar-refractivity contribution >= 4 is 76.5 Å². The fourth-order valence-corrected chi connectivity index (χ4v) is 12.1. The van der Waals surface area contributed by atoms with Crippen LogP contribution in [0.3, 0.4) is 0 Å². The second-order valence-electron chi connectivity index (χ2n) is 24.7. The molecule has 3 saturated heterocycles. The lowest BCUT2D eigenvalue weighted by molar-refractivity contribution is -0.158. The molecular formula is C64H85ClF3N7O16. The molecule has 6 rings (SSSR count). The number of nitrogens with two attached hydrogens (primary N) is 1. The van der Waals surface area contributed by atoms with Crippen LogP contribution in [0.15, 0.2) is 54.1 Å². The van der Waals surface area contributed by atoms with Gasteiger partial charge in [0.15, 0.2) is 11.5 Å². The molecule has 2 aromatic carbocycles. The first-order chi connectivity index (χ1) is 42.6. The quantitative estimate of drug-likeness (QED) is 0.0303. The number of fused-ring (bicyclic) bond motifs is 5. The average molecular weight is 1300 g/mol. The Morgan fingerprint density at radius 3 is 2.32 bits per heavy atom. The third-order valence-corrected chi connectivity index (χ3v) is 17.9. The number of unbranched alkanes of at least 4 members (excludes halogenated alkanes) is 2. The Kier molecular flexibility index (Phi) is 24.6. The predicted molar refractivity (Wildman–Crippen MR) is 326 cm³/mol. The number of allylic oxidation sites excluding steroid dienone is 3. The normalized spacial score (nSPS) is 25.6. The lowest BCUT2D eigenvalue weighted by Crippen LogP contribution is -2.63. The number of carbonyl (C=O) groups is 10. The molecule has 0 aromatic heterocycles. The van der Waals surface area contributed by atoms with Crippen LogP contribution in [0.25, 0.3) is 0 Å². The molecule has 6 N–H and O–H groups in total. The number of halogens is 4. The molecule has 4 bridgehead atoms. The highest BCUT2D eigenvalue weighted by atomic mass is 35.5. The number of urea groups is 1. The Labute approximate surface area is 532 Å². The molecule has 23 nitrogen and oxygen atoms in total. The standard InChI is InChI=1S/C64H85ClF3N7O16/c1-34(2)43(31-41(76)18-13-12-14-24-75-53(79)26-36(4)57(75)81)56(80)71-45(19-16-23-70-60(69)84)47(77)29-39-21-22-42(44(27-39)64(66,67)68)58(82)73(8)38(6)59(83)90-51-32-52(78)74(9)46-28-40(30-48(87-10)54(46)65)25-35(3)17-15-20-50(88-11)63(86)33-49(89-61(85)72-63)37(5)55-62(51,7)91-55/h15,17,20-22,27-28,30,34,36-38,43,45,49-51,55,86H,12-14,16,18-19,23-26,29,31-33H2,1-11H3,(H,71,80)(H,72,85)(H3,69,70,84)/b20-15+,35-17+/t36?,37-,38+,43+,45+,49+,50-,51+,55+,62+,63+/m1/s1. The number of likely N-dealkylation sites (N-methyl/N-ethyl adjacent to an activating group) is 1. The summed E-state index contributed by atoms with van der Waals surface area (Å²) >= 11 is 6.82. The van der Waals surface area contributed by atoms with Crippen molar-refractivity contribution in [2.45, 2.75) is 180 Å². The van der Waals surface area contributed by atoms with E-state index in [1.165, 1.54) is 38.0 Å². The summed E-state index contributed by atoms with van der Waals surface area (Å²) in [5, 5.41) is 19.5. The maximum Gasteiger partial charge on any atom is 0.417 e. The summed E-state index contributed by atoms with van der Waals surface area (Å²) in [5.74, 6) is -7.36. The van der Waals surface area contributed by atoms with Crippen molar-refractivity contribution in [2.75, 3.05) is 46.3 Å². The van der Waals surface area contributed by atoms with Gasteiger partial charge in [-0.2, -0.15) is 13.2 Å². The van der Waals surface area contributed by atoms with E-state index in [0.717, 1.165) is 29.7 Å². The Bertz CT molecular complexity index is 3160.